The number of carbonyl (C=O) groups excluding carboxylic acids is 2. The maximum atomic E-state index is 12.5. The molecule has 1 aliphatic rings. The first-order chi connectivity index (χ1) is 15.0. The lowest BCUT2D eigenvalue weighted by atomic mass is 10.0. The number of allylic oxidation sites excluding steroid dienone is 1. The van der Waals surface area contributed by atoms with Crippen molar-refractivity contribution in [3.05, 3.63) is 71.3 Å². The maximum absolute atomic E-state index is 12.5. The van der Waals surface area contributed by atoms with Crippen LogP contribution >= 0.6 is 11.6 Å². The second-order valence-electron chi connectivity index (χ2n) is 6.94. The molecule has 1 aromatic carbocycles. The molecule has 3 aromatic rings. The van der Waals surface area contributed by atoms with Crippen molar-refractivity contribution >= 4 is 40.5 Å². The second kappa shape index (κ2) is 9.01. The highest BCUT2D eigenvalue weighted by molar-refractivity contribution is 6.30. The number of nitrogens with one attached hydrogen (secondary N) is 2. The Morgan fingerprint density at radius 2 is 2.13 bits per heavy atom. The van der Waals surface area contributed by atoms with Crippen LogP contribution in [0.15, 0.2) is 55.0 Å². The molecule has 0 atom stereocenters. The first kappa shape index (κ1) is 20.6. The third kappa shape index (κ3) is 4.75. The minimum absolute atomic E-state index is 0.121. The van der Waals surface area contributed by atoms with Crippen LogP contribution in [0.1, 0.15) is 30.5 Å². The van der Waals surface area contributed by atoms with E-state index < -0.39 is 6.09 Å². The zero-order valence-corrected chi connectivity index (χ0v) is 17.5. The van der Waals surface area contributed by atoms with Crippen molar-refractivity contribution in [2.24, 2.45) is 0 Å². The molecule has 158 valence electrons. The Morgan fingerprint density at radius 1 is 1.26 bits per heavy atom. The summed E-state index contributed by atoms with van der Waals surface area (Å²) in [4.78, 5) is 28.5. The number of rotatable bonds is 2. The molecule has 8 nitrogen and oxygen atoms in total. The zero-order valence-electron chi connectivity index (χ0n) is 16.8. The van der Waals surface area contributed by atoms with Crippen LogP contribution in [0.5, 0.6) is 0 Å². The molecule has 9 heteroatoms. The highest BCUT2D eigenvalue weighted by atomic mass is 35.5. The third-order valence-electron chi connectivity index (χ3n) is 4.80. The summed E-state index contributed by atoms with van der Waals surface area (Å²) in [5, 5.41) is 10.6. The van der Waals surface area contributed by atoms with Crippen LogP contribution < -0.4 is 10.6 Å². The van der Waals surface area contributed by atoms with Gasteiger partial charge in [0, 0.05) is 35.6 Å². The van der Waals surface area contributed by atoms with Gasteiger partial charge in [-0.15, -0.1) is 0 Å². The number of pyridine rings is 1. The minimum Gasteiger partial charge on any atom is -0.453 e. The summed E-state index contributed by atoms with van der Waals surface area (Å²) in [6.07, 6.45) is 8.45. The van der Waals surface area contributed by atoms with E-state index in [0.29, 0.717) is 41.3 Å². The highest BCUT2D eigenvalue weighted by Crippen LogP contribution is 2.29. The molecule has 31 heavy (non-hydrogen) atoms. The Bertz CT molecular complexity index is 1150. The summed E-state index contributed by atoms with van der Waals surface area (Å²) >= 11 is 5.99. The summed E-state index contributed by atoms with van der Waals surface area (Å²) in [6.45, 7) is 0. The fraction of sp³-hybridized carbons (Fsp3) is 0.182. The normalized spacial score (nSPS) is 15.4. The van der Waals surface area contributed by atoms with E-state index in [9.17, 15) is 9.59 Å². The molecule has 0 aliphatic carbocycles. The Labute approximate surface area is 183 Å². The number of carbonyl (C=O) groups is 2. The van der Waals surface area contributed by atoms with Crippen LogP contribution in [0, 0.1) is 0 Å². The van der Waals surface area contributed by atoms with Gasteiger partial charge < -0.3 is 10.1 Å². The highest BCUT2D eigenvalue weighted by Gasteiger charge is 2.16. The molecule has 0 fully saturated rings. The summed E-state index contributed by atoms with van der Waals surface area (Å²) in [7, 11) is 1.29. The molecular weight excluding hydrogens is 418 g/mol. The van der Waals surface area contributed by atoms with Crippen molar-refractivity contribution in [3.8, 4) is 5.69 Å². The first-order valence-corrected chi connectivity index (χ1v) is 10.1. The lowest BCUT2D eigenvalue weighted by molar-refractivity contribution is -0.116. The number of anilines is 2. The first-order valence-electron chi connectivity index (χ1n) is 9.70. The van der Waals surface area contributed by atoms with Crippen LogP contribution in [-0.4, -0.2) is 33.9 Å². The number of halogens is 1. The average molecular weight is 438 g/mol. The number of amides is 2. The van der Waals surface area contributed by atoms with Gasteiger partial charge in [0.05, 0.1) is 35.4 Å². The third-order valence-corrected chi connectivity index (χ3v) is 5.03. The number of hydrogen-bond acceptors (Lipinski definition) is 5. The van der Waals surface area contributed by atoms with Crippen LogP contribution in [0.25, 0.3) is 11.3 Å². The largest absolute Gasteiger partial charge is 0.453 e. The molecule has 2 N–H and O–H groups in total. The van der Waals surface area contributed by atoms with Gasteiger partial charge in [-0.05, 0) is 43.2 Å². The van der Waals surface area contributed by atoms with Gasteiger partial charge in [-0.2, -0.15) is 5.10 Å². The van der Waals surface area contributed by atoms with E-state index in [-0.39, 0.29) is 5.91 Å². The number of benzene rings is 1. The van der Waals surface area contributed by atoms with Crippen LogP contribution in [0.2, 0.25) is 5.02 Å². The quantitative estimate of drug-likeness (QED) is 0.607. The van der Waals surface area contributed by atoms with E-state index in [1.54, 1.807) is 41.3 Å². The van der Waals surface area contributed by atoms with Gasteiger partial charge in [-0.1, -0.05) is 17.7 Å². The number of aromatic nitrogens is 3. The van der Waals surface area contributed by atoms with Gasteiger partial charge >= 0.3 is 6.09 Å². The molecule has 3 heterocycles. The van der Waals surface area contributed by atoms with Crippen molar-refractivity contribution in [3.63, 3.8) is 0 Å². The zero-order chi connectivity index (χ0) is 21.8. The van der Waals surface area contributed by atoms with Gasteiger partial charge in [0.15, 0.2) is 0 Å². The van der Waals surface area contributed by atoms with Crippen molar-refractivity contribution in [2.45, 2.75) is 19.3 Å². The molecule has 0 saturated heterocycles. The molecule has 1 aliphatic heterocycles. The van der Waals surface area contributed by atoms with E-state index >= 15 is 0 Å². The number of nitrogens with zero attached hydrogens (tertiary/aromatic N) is 3. The van der Waals surface area contributed by atoms with Crippen LogP contribution in [0.4, 0.5) is 16.2 Å². The SMILES string of the molecule is COC(=O)Nc1ccc2c(c1)NC(=O)CCC/C=C(/c1ccc(Cl)cn1)c1cnn-2c1. The van der Waals surface area contributed by atoms with Gasteiger partial charge in [0.1, 0.15) is 0 Å². The lowest BCUT2D eigenvalue weighted by Crippen LogP contribution is -2.15. The van der Waals surface area contributed by atoms with E-state index in [2.05, 4.69) is 31.5 Å². The number of methoxy groups -OCH3 is 1. The predicted molar refractivity (Wildman–Crippen MR) is 118 cm³/mol. The minimum atomic E-state index is -0.592. The molecule has 0 unspecified atom stereocenters. The number of ether oxygens (including phenoxy) is 1. The molecule has 4 rings (SSSR count). The van der Waals surface area contributed by atoms with E-state index in [1.807, 2.05) is 12.3 Å². The Kier molecular flexibility index (Phi) is 5.99. The van der Waals surface area contributed by atoms with Crippen molar-refractivity contribution in [1.29, 1.82) is 0 Å². The molecule has 0 spiro atoms. The molecule has 0 radical (unpaired) electrons. The van der Waals surface area contributed by atoms with Gasteiger partial charge in [-0.3, -0.25) is 15.1 Å². The van der Waals surface area contributed by atoms with E-state index in [1.165, 1.54) is 7.11 Å². The number of hydrogen-bond donors (Lipinski definition) is 2. The van der Waals surface area contributed by atoms with Crippen molar-refractivity contribution in [1.82, 2.24) is 14.8 Å². The average Bonchev–Trinajstić information content (AvgIpc) is 3.24. The summed E-state index contributed by atoms with van der Waals surface area (Å²) in [6, 6.07) is 8.82. The van der Waals surface area contributed by atoms with Crippen LogP contribution in [-0.2, 0) is 9.53 Å². The van der Waals surface area contributed by atoms with E-state index in [4.69, 9.17) is 11.6 Å². The second-order valence-corrected chi connectivity index (χ2v) is 7.38. The van der Waals surface area contributed by atoms with Crippen molar-refractivity contribution < 1.29 is 14.3 Å². The summed E-state index contributed by atoms with van der Waals surface area (Å²) in [5.41, 5.74) is 4.29. The number of fused-ring (bicyclic) bond motifs is 4. The van der Waals surface area contributed by atoms with Gasteiger partial charge in [0.2, 0.25) is 5.91 Å². The van der Waals surface area contributed by atoms with Crippen molar-refractivity contribution in [2.75, 3.05) is 17.7 Å². The summed E-state index contributed by atoms with van der Waals surface area (Å²) in [5.74, 6) is -0.121. The monoisotopic (exact) mass is 437 g/mol. The van der Waals surface area contributed by atoms with Crippen LogP contribution in [0.3, 0.4) is 0 Å². The fourth-order valence-electron chi connectivity index (χ4n) is 3.30. The topological polar surface area (TPSA) is 98.1 Å². The standard InChI is InChI=1S/C22H20ClN5O3/c1-31-22(30)26-16-7-9-20-19(10-16)27-21(29)5-3-2-4-17(14-11-25-28(20)13-14)18-8-6-15(23)12-24-18/h4,6-13H,2-3,5H2,1H3,(H,26,30)(H,27,29)/b17-4+. The summed E-state index contributed by atoms with van der Waals surface area (Å²) < 4.78 is 6.32. The molecular formula is C22H20ClN5O3. The molecule has 2 aromatic heterocycles. The molecule has 2 bridgehead atoms. The van der Waals surface area contributed by atoms with Gasteiger partial charge in [0.25, 0.3) is 0 Å². The maximum Gasteiger partial charge on any atom is 0.411 e. The molecule has 0 saturated carbocycles. The fourth-order valence-corrected chi connectivity index (χ4v) is 3.42. The Balaban J connectivity index is 1.77. The molecule has 2 amide bonds. The lowest BCUT2D eigenvalue weighted by Gasteiger charge is -2.14. The Morgan fingerprint density at radius 3 is 2.90 bits per heavy atom. The smallest absolute Gasteiger partial charge is 0.411 e. The van der Waals surface area contributed by atoms with Gasteiger partial charge in [-0.25, -0.2) is 9.48 Å². The predicted octanol–water partition coefficient (Wildman–Crippen LogP) is 4.65. The van der Waals surface area contributed by atoms with E-state index in [0.717, 1.165) is 16.8 Å². The Hall–Kier alpha value is -3.65.